The van der Waals surface area contributed by atoms with Crippen molar-refractivity contribution in [3.8, 4) is 0 Å². The fraction of sp³-hybridized carbons (Fsp3) is 0.721. The Morgan fingerprint density at radius 2 is 0.582 bits per heavy atom. The van der Waals surface area contributed by atoms with Crippen molar-refractivity contribution >= 4 is 17.9 Å². The Kier molecular flexibility index (Phi) is 52.4. The molecule has 0 aromatic rings. The number of hydrogen-bond donors (Lipinski definition) is 0. The molecule has 384 valence electrons. The highest BCUT2D eigenvalue weighted by atomic mass is 16.6. The maximum absolute atomic E-state index is 12.7. The van der Waals surface area contributed by atoms with Gasteiger partial charge in [-0.15, -0.1) is 0 Å². The van der Waals surface area contributed by atoms with Crippen LogP contribution in [0.25, 0.3) is 0 Å². The van der Waals surface area contributed by atoms with Crippen LogP contribution in [-0.2, 0) is 28.6 Å². The van der Waals surface area contributed by atoms with E-state index in [0.717, 1.165) is 109 Å². The zero-order chi connectivity index (χ0) is 48.6. The van der Waals surface area contributed by atoms with Crippen LogP contribution in [0.4, 0.5) is 0 Å². The zero-order valence-electron chi connectivity index (χ0n) is 43.9. The van der Waals surface area contributed by atoms with Gasteiger partial charge in [0, 0.05) is 19.3 Å². The molecule has 0 saturated carbocycles. The summed E-state index contributed by atoms with van der Waals surface area (Å²) < 4.78 is 16.7. The molecule has 0 heterocycles. The topological polar surface area (TPSA) is 78.9 Å². The van der Waals surface area contributed by atoms with Gasteiger partial charge in [-0.25, -0.2) is 0 Å². The van der Waals surface area contributed by atoms with E-state index in [1.165, 1.54) is 116 Å². The second-order valence-corrected chi connectivity index (χ2v) is 18.4. The molecule has 0 rings (SSSR count). The summed E-state index contributed by atoms with van der Waals surface area (Å²) in [5, 5.41) is 0. The SMILES string of the molecule is CC/C=C\C/C=C\C/C=C\C/C=C\CCCCCCCCCCCCCCCCCCC(=O)OCC(COC(=O)CCCCCCCCC)OC(=O)CCCCC/C=C\C/C=C\C/C=C\CC. The van der Waals surface area contributed by atoms with Crippen LogP contribution in [0.3, 0.4) is 0 Å². The van der Waals surface area contributed by atoms with Crippen LogP contribution in [-0.4, -0.2) is 37.2 Å². The van der Waals surface area contributed by atoms with Gasteiger partial charge in [0.25, 0.3) is 0 Å². The fourth-order valence-corrected chi connectivity index (χ4v) is 7.74. The molecule has 0 aromatic carbocycles. The molecule has 0 N–H and O–H groups in total. The molecule has 67 heavy (non-hydrogen) atoms. The Morgan fingerprint density at radius 3 is 0.925 bits per heavy atom. The monoisotopic (exact) mass is 933 g/mol. The van der Waals surface area contributed by atoms with E-state index in [2.05, 4.69) is 106 Å². The number of unbranched alkanes of at least 4 members (excludes halogenated alkanes) is 25. The first-order valence-electron chi connectivity index (χ1n) is 28.1. The van der Waals surface area contributed by atoms with Crippen LogP contribution in [0.15, 0.2) is 85.1 Å². The van der Waals surface area contributed by atoms with Crippen LogP contribution in [0.5, 0.6) is 0 Å². The van der Waals surface area contributed by atoms with Gasteiger partial charge < -0.3 is 14.2 Å². The molecule has 6 nitrogen and oxygen atoms in total. The van der Waals surface area contributed by atoms with E-state index in [1.807, 2.05) is 0 Å². The van der Waals surface area contributed by atoms with E-state index < -0.39 is 6.10 Å². The zero-order valence-corrected chi connectivity index (χ0v) is 43.9. The van der Waals surface area contributed by atoms with E-state index in [0.29, 0.717) is 19.3 Å². The Hall–Kier alpha value is -3.41. The van der Waals surface area contributed by atoms with Gasteiger partial charge in [0.05, 0.1) is 0 Å². The normalized spacial score (nSPS) is 12.7. The van der Waals surface area contributed by atoms with Crippen LogP contribution < -0.4 is 0 Å². The molecule has 0 saturated heterocycles. The van der Waals surface area contributed by atoms with Gasteiger partial charge in [-0.2, -0.15) is 0 Å². The van der Waals surface area contributed by atoms with Gasteiger partial charge in [0.2, 0.25) is 0 Å². The Bertz CT molecular complexity index is 1300. The summed E-state index contributed by atoms with van der Waals surface area (Å²) in [4.78, 5) is 37.8. The lowest BCUT2D eigenvalue weighted by Crippen LogP contribution is -2.30. The van der Waals surface area contributed by atoms with E-state index in [4.69, 9.17) is 14.2 Å². The molecule has 0 radical (unpaired) electrons. The van der Waals surface area contributed by atoms with Crippen LogP contribution in [0, 0.1) is 0 Å². The Morgan fingerprint density at radius 1 is 0.313 bits per heavy atom. The summed E-state index contributed by atoms with van der Waals surface area (Å²) in [5.41, 5.74) is 0. The van der Waals surface area contributed by atoms with Crippen molar-refractivity contribution in [1.82, 2.24) is 0 Å². The minimum Gasteiger partial charge on any atom is -0.462 e. The Balaban J connectivity index is 4.07. The molecule has 6 heteroatoms. The molecular weight excluding hydrogens is 829 g/mol. The van der Waals surface area contributed by atoms with Crippen molar-refractivity contribution in [2.75, 3.05) is 13.2 Å². The molecule has 0 aliphatic rings. The van der Waals surface area contributed by atoms with Crippen molar-refractivity contribution in [2.24, 2.45) is 0 Å². The highest BCUT2D eigenvalue weighted by Gasteiger charge is 2.19. The van der Waals surface area contributed by atoms with Crippen molar-refractivity contribution in [3.05, 3.63) is 85.1 Å². The minimum atomic E-state index is -0.786. The number of allylic oxidation sites excluding steroid dienone is 14. The van der Waals surface area contributed by atoms with Crippen molar-refractivity contribution in [3.63, 3.8) is 0 Å². The van der Waals surface area contributed by atoms with Crippen LogP contribution in [0.2, 0.25) is 0 Å². The average Bonchev–Trinajstić information content (AvgIpc) is 3.33. The predicted molar refractivity (Wildman–Crippen MR) is 288 cm³/mol. The lowest BCUT2D eigenvalue weighted by atomic mass is 10.0. The first-order chi connectivity index (χ1) is 33.0. The molecule has 0 fully saturated rings. The average molecular weight is 933 g/mol. The number of esters is 3. The molecule has 1 unspecified atom stereocenters. The molecule has 0 aliphatic heterocycles. The summed E-state index contributed by atoms with van der Waals surface area (Å²) >= 11 is 0. The summed E-state index contributed by atoms with van der Waals surface area (Å²) in [7, 11) is 0. The van der Waals surface area contributed by atoms with E-state index in [-0.39, 0.29) is 31.1 Å². The summed E-state index contributed by atoms with van der Waals surface area (Å²) in [5.74, 6) is -0.919. The number of rotatable bonds is 50. The number of hydrogen-bond acceptors (Lipinski definition) is 6. The van der Waals surface area contributed by atoms with Crippen molar-refractivity contribution in [2.45, 2.75) is 271 Å². The van der Waals surface area contributed by atoms with E-state index in [9.17, 15) is 14.4 Å². The second-order valence-electron chi connectivity index (χ2n) is 18.4. The molecule has 1 atom stereocenters. The van der Waals surface area contributed by atoms with E-state index >= 15 is 0 Å². The molecule has 0 bridgehead atoms. The first-order valence-corrected chi connectivity index (χ1v) is 28.1. The summed E-state index contributed by atoms with van der Waals surface area (Å²) in [6.07, 6.45) is 71.9. The standard InChI is InChI=1S/C61H104O6/c1-4-7-10-13-16-18-20-22-23-24-25-26-27-28-29-30-31-32-33-34-35-36-37-39-40-42-45-48-51-54-60(63)66-57-58(56-65-59(62)53-50-47-44-15-12-9-6-3)67-61(64)55-52-49-46-43-41-38-21-19-17-14-11-8-5-2/h7-8,10-11,16-19,22-23,25-26,38,41,58H,4-6,9,12-15,20-21,24,27-37,39-40,42-57H2,1-3H3/b10-7-,11-8-,18-16-,19-17-,23-22-,26-25-,41-38-. The highest BCUT2D eigenvalue weighted by molar-refractivity contribution is 5.71. The van der Waals surface area contributed by atoms with Gasteiger partial charge >= 0.3 is 17.9 Å². The Labute approximate surface area is 414 Å². The third kappa shape index (κ3) is 53.4. The van der Waals surface area contributed by atoms with Crippen molar-refractivity contribution in [1.29, 1.82) is 0 Å². The second kappa shape index (κ2) is 55.2. The molecular formula is C61H104O6. The number of carbonyl (C=O) groups excluding carboxylic acids is 3. The summed E-state index contributed by atoms with van der Waals surface area (Å²) in [6.45, 7) is 6.35. The lowest BCUT2D eigenvalue weighted by Gasteiger charge is -2.18. The van der Waals surface area contributed by atoms with Gasteiger partial charge in [-0.05, 0) is 89.9 Å². The van der Waals surface area contributed by atoms with Crippen LogP contribution in [0.1, 0.15) is 265 Å². The molecule has 0 aromatic heterocycles. The van der Waals surface area contributed by atoms with Gasteiger partial charge in [-0.1, -0.05) is 241 Å². The third-order valence-corrected chi connectivity index (χ3v) is 11.9. The van der Waals surface area contributed by atoms with Gasteiger partial charge in [0.15, 0.2) is 6.10 Å². The quantitative estimate of drug-likeness (QED) is 0.0262. The molecule has 0 amide bonds. The first kappa shape index (κ1) is 63.6. The highest BCUT2D eigenvalue weighted by Crippen LogP contribution is 2.16. The minimum absolute atomic E-state index is 0.0861. The fourth-order valence-electron chi connectivity index (χ4n) is 7.74. The third-order valence-electron chi connectivity index (χ3n) is 11.9. The van der Waals surface area contributed by atoms with Gasteiger partial charge in [-0.3, -0.25) is 14.4 Å². The van der Waals surface area contributed by atoms with Crippen LogP contribution >= 0.6 is 0 Å². The maximum atomic E-state index is 12.7. The number of carbonyl (C=O) groups is 3. The molecule has 0 aliphatic carbocycles. The summed E-state index contributed by atoms with van der Waals surface area (Å²) in [6, 6.07) is 0. The van der Waals surface area contributed by atoms with Gasteiger partial charge in [0.1, 0.15) is 13.2 Å². The van der Waals surface area contributed by atoms with Crippen molar-refractivity contribution < 1.29 is 28.6 Å². The number of ether oxygens (including phenoxy) is 3. The largest absolute Gasteiger partial charge is 0.462 e. The smallest absolute Gasteiger partial charge is 0.306 e. The predicted octanol–water partition coefficient (Wildman–Crippen LogP) is 18.8. The maximum Gasteiger partial charge on any atom is 0.306 e. The van der Waals surface area contributed by atoms with E-state index in [1.54, 1.807) is 0 Å². The lowest BCUT2D eigenvalue weighted by molar-refractivity contribution is -0.167. The molecule has 0 spiro atoms.